The Morgan fingerprint density at radius 1 is 1.16 bits per heavy atom. The van der Waals surface area contributed by atoms with Gasteiger partial charge >= 0.3 is 0 Å². The molecule has 25 heavy (non-hydrogen) atoms. The van der Waals surface area contributed by atoms with E-state index in [1.807, 2.05) is 54.2 Å². The highest BCUT2D eigenvalue weighted by Gasteiger charge is 2.28. The minimum absolute atomic E-state index is 0.128. The second-order valence-corrected chi connectivity index (χ2v) is 6.13. The van der Waals surface area contributed by atoms with Crippen molar-refractivity contribution in [3.05, 3.63) is 65.6 Å². The van der Waals surface area contributed by atoms with Gasteiger partial charge in [0.25, 0.3) is 5.91 Å². The second kappa shape index (κ2) is 5.11. The molecule has 0 atom stereocenters. The Hall–Kier alpha value is -3.28. The maximum atomic E-state index is 12.9. The zero-order chi connectivity index (χ0) is 17.0. The molecule has 0 amide bonds. The minimum Gasteiger partial charge on any atom is -0.267 e. The Bertz CT molecular complexity index is 1120. The zero-order valence-electron chi connectivity index (χ0n) is 13.7. The Balaban J connectivity index is 1.67. The highest BCUT2D eigenvalue weighted by Crippen LogP contribution is 2.30. The highest BCUT2D eigenvalue weighted by atomic mass is 16.2. The average Bonchev–Trinajstić information content (AvgIpc) is 3.26. The van der Waals surface area contributed by atoms with Crippen molar-refractivity contribution in [2.24, 2.45) is 0 Å². The van der Waals surface area contributed by atoms with E-state index in [1.54, 1.807) is 6.20 Å². The lowest BCUT2D eigenvalue weighted by Gasteiger charge is -2.16. The lowest BCUT2D eigenvalue weighted by Crippen LogP contribution is -2.24. The first kappa shape index (κ1) is 14.1. The number of rotatable bonds is 2. The molecule has 4 heterocycles. The van der Waals surface area contributed by atoms with Crippen LogP contribution in [-0.2, 0) is 13.0 Å². The summed E-state index contributed by atoms with van der Waals surface area (Å²) >= 11 is 0. The van der Waals surface area contributed by atoms with Crippen molar-refractivity contribution in [2.75, 3.05) is 0 Å². The molecule has 6 heteroatoms. The van der Waals surface area contributed by atoms with E-state index in [0.29, 0.717) is 12.0 Å². The highest BCUT2D eigenvalue weighted by molar-refractivity contribution is 6.02. The molecule has 0 fully saturated rings. The van der Waals surface area contributed by atoms with E-state index in [2.05, 4.69) is 15.2 Å². The summed E-state index contributed by atoms with van der Waals surface area (Å²) < 4.78 is 3.35. The van der Waals surface area contributed by atoms with Gasteiger partial charge in [0.05, 0.1) is 23.1 Å². The molecule has 1 aromatic carbocycles. The molecule has 0 unspecified atom stereocenters. The number of aryl methyl sites for hydroxylation is 1. The van der Waals surface area contributed by atoms with Crippen molar-refractivity contribution in [1.29, 1.82) is 0 Å². The van der Waals surface area contributed by atoms with Crippen LogP contribution in [0.4, 0.5) is 0 Å². The topological polar surface area (TPSA) is 65.6 Å². The number of fused-ring (bicyclic) bond motifs is 4. The summed E-state index contributed by atoms with van der Waals surface area (Å²) in [5.41, 5.74) is 5.13. The quantitative estimate of drug-likeness (QED) is 0.499. The maximum absolute atomic E-state index is 12.9. The number of benzene rings is 1. The van der Waals surface area contributed by atoms with Crippen molar-refractivity contribution in [3.63, 3.8) is 0 Å². The fourth-order valence-corrected chi connectivity index (χ4v) is 3.45. The van der Waals surface area contributed by atoms with Crippen LogP contribution in [0.5, 0.6) is 0 Å². The summed E-state index contributed by atoms with van der Waals surface area (Å²) in [7, 11) is 0. The van der Waals surface area contributed by atoms with Gasteiger partial charge < -0.3 is 0 Å². The van der Waals surface area contributed by atoms with Crippen LogP contribution in [0.25, 0.3) is 22.3 Å². The monoisotopic (exact) mass is 329 g/mol. The van der Waals surface area contributed by atoms with Crippen LogP contribution in [0.15, 0.2) is 48.8 Å². The molecule has 0 aliphatic carbocycles. The standard InChI is InChI=1S/C19H15N5O/c1-2-23-18-15(11-21-23)14-8-13-9-17(12-6-4-3-5-7-12)22-24(13)19(25)16(14)10-20-18/h3-7,9-11H,2,8H2,1H3. The van der Waals surface area contributed by atoms with Gasteiger partial charge in [-0.15, -0.1) is 0 Å². The molecule has 6 nitrogen and oxygen atoms in total. The summed E-state index contributed by atoms with van der Waals surface area (Å²) in [6, 6.07) is 11.9. The first-order chi connectivity index (χ1) is 12.3. The molecule has 1 aliphatic rings. The average molecular weight is 329 g/mol. The number of hydrogen-bond donors (Lipinski definition) is 0. The SMILES string of the molecule is CCn1ncc2c3c(cnc21)C(=O)n1nc(-c2ccccc2)cc1C3. The van der Waals surface area contributed by atoms with E-state index in [9.17, 15) is 4.79 Å². The lowest BCUT2D eigenvalue weighted by atomic mass is 9.98. The molecule has 4 aromatic rings. The second-order valence-electron chi connectivity index (χ2n) is 6.13. The molecule has 1 aliphatic heterocycles. The Kier molecular flexibility index (Phi) is 2.88. The van der Waals surface area contributed by atoms with Gasteiger partial charge in [0.15, 0.2) is 5.65 Å². The van der Waals surface area contributed by atoms with Crippen molar-refractivity contribution in [1.82, 2.24) is 24.5 Å². The van der Waals surface area contributed by atoms with Crippen molar-refractivity contribution in [2.45, 2.75) is 19.9 Å². The van der Waals surface area contributed by atoms with Gasteiger partial charge in [0, 0.05) is 30.1 Å². The van der Waals surface area contributed by atoms with E-state index in [4.69, 9.17) is 0 Å². The summed E-state index contributed by atoms with van der Waals surface area (Å²) in [4.78, 5) is 17.4. The van der Waals surface area contributed by atoms with Gasteiger partial charge in [-0.2, -0.15) is 14.9 Å². The van der Waals surface area contributed by atoms with Gasteiger partial charge in [-0.3, -0.25) is 4.79 Å². The molecule has 0 saturated heterocycles. The molecule has 0 spiro atoms. The summed E-state index contributed by atoms with van der Waals surface area (Å²) in [5.74, 6) is -0.128. The van der Waals surface area contributed by atoms with Gasteiger partial charge in [-0.25, -0.2) is 9.67 Å². The largest absolute Gasteiger partial charge is 0.280 e. The third-order valence-electron chi connectivity index (χ3n) is 4.71. The predicted octanol–water partition coefficient (Wildman–Crippen LogP) is 2.91. The van der Waals surface area contributed by atoms with Crippen molar-refractivity contribution in [3.8, 4) is 11.3 Å². The minimum atomic E-state index is -0.128. The normalized spacial score (nSPS) is 13.1. The molecule has 0 bridgehead atoms. The fraction of sp³-hybridized carbons (Fsp3) is 0.158. The van der Waals surface area contributed by atoms with E-state index < -0.39 is 0 Å². The Labute approximate surface area is 143 Å². The van der Waals surface area contributed by atoms with E-state index in [-0.39, 0.29) is 5.91 Å². The zero-order valence-corrected chi connectivity index (χ0v) is 13.7. The molecule has 3 aromatic heterocycles. The first-order valence-corrected chi connectivity index (χ1v) is 8.28. The first-order valence-electron chi connectivity index (χ1n) is 8.28. The van der Waals surface area contributed by atoms with Crippen LogP contribution in [0.3, 0.4) is 0 Å². The van der Waals surface area contributed by atoms with Gasteiger partial charge in [-0.05, 0) is 18.6 Å². The molecule has 0 radical (unpaired) electrons. The van der Waals surface area contributed by atoms with Gasteiger partial charge in [0.1, 0.15) is 0 Å². The van der Waals surface area contributed by atoms with Crippen LogP contribution >= 0.6 is 0 Å². The fourth-order valence-electron chi connectivity index (χ4n) is 3.45. The predicted molar refractivity (Wildman–Crippen MR) is 93.4 cm³/mol. The van der Waals surface area contributed by atoms with Crippen LogP contribution in [0, 0.1) is 0 Å². The van der Waals surface area contributed by atoms with E-state index >= 15 is 0 Å². The number of carbonyl (C=O) groups excluding carboxylic acids is 1. The van der Waals surface area contributed by atoms with E-state index in [0.717, 1.165) is 40.1 Å². The molecule has 122 valence electrons. The van der Waals surface area contributed by atoms with Crippen LogP contribution in [0.2, 0.25) is 0 Å². The Morgan fingerprint density at radius 2 is 2.00 bits per heavy atom. The molecular weight excluding hydrogens is 314 g/mol. The van der Waals surface area contributed by atoms with Gasteiger partial charge in [-0.1, -0.05) is 30.3 Å². The number of carbonyl (C=O) groups is 1. The van der Waals surface area contributed by atoms with E-state index in [1.165, 1.54) is 4.68 Å². The third-order valence-corrected chi connectivity index (χ3v) is 4.71. The van der Waals surface area contributed by atoms with Crippen molar-refractivity contribution < 1.29 is 4.79 Å². The smallest absolute Gasteiger partial charge is 0.267 e. The number of aromatic nitrogens is 5. The lowest BCUT2D eigenvalue weighted by molar-refractivity contribution is 0.0936. The number of nitrogens with zero attached hydrogens (tertiary/aromatic N) is 5. The van der Waals surface area contributed by atoms with Gasteiger partial charge in [0.2, 0.25) is 0 Å². The molecular formula is C19H15N5O. The van der Waals surface area contributed by atoms with Crippen LogP contribution in [0.1, 0.15) is 28.5 Å². The molecule has 0 saturated carbocycles. The summed E-state index contributed by atoms with van der Waals surface area (Å²) in [6.45, 7) is 2.78. The molecule has 5 rings (SSSR count). The number of pyridine rings is 1. The summed E-state index contributed by atoms with van der Waals surface area (Å²) in [6.07, 6.45) is 4.11. The Morgan fingerprint density at radius 3 is 2.80 bits per heavy atom. The maximum Gasteiger partial charge on any atom is 0.280 e. The van der Waals surface area contributed by atoms with Crippen LogP contribution < -0.4 is 0 Å². The molecule has 0 N–H and O–H groups in total. The summed E-state index contributed by atoms with van der Waals surface area (Å²) in [5, 5.41) is 9.84. The van der Waals surface area contributed by atoms with Crippen molar-refractivity contribution >= 4 is 16.9 Å². The third kappa shape index (κ3) is 1.97. The van der Waals surface area contributed by atoms with Crippen LogP contribution in [-0.4, -0.2) is 30.5 Å². The number of hydrogen-bond acceptors (Lipinski definition) is 4.